The van der Waals surface area contributed by atoms with Gasteiger partial charge in [-0.3, -0.25) is 0 Å². The molecule has 2 aromatic carbocycles. The van der Waals surface area contributed by atoms with Gasteiger partial charge in [0.05, 0.1) is 22.8 Å². The van der Waals surface area contributed by atoms with Crippen LogP contribution in [0.3, 0.4) is 0 Å². The number of carboxylic acid groups (broad SMARTS) is 1. The number of ether oxygens (including phenoxy) is 1. The summed E-state index contributed by atoms with van der Waals surface area (Å²) in [4.78, 5) is 11.5. The highest BCUT2D eigenvalue weighted by molar-refractivity contribution is 9.10. The van der Waals surface area contributed by atoms with Crippen molar-refractivity contribution < 1.29 is 23.4 Å². The fraction of sp³-hybridized carbons (Fsp3) is 0.0714. The highest BCUT2D eigenvalue weighted by Gasteiger charge is 2.27. The van der Waals surface area contributed by atoms with Crippen molar-refractivity contribution in [3.05, 3.63) is 45.9 Å². The molecular formula is C14H10BrF2NO3. The Morgan fingerprint density at radius 2 is 1.86 bits per heavy atom. The largest absolute Gasteiger partial charge is 0.492 e. The number of nitrogens with two attached hydrogens (primary N) is 1. The van der Waals surface area contributed by atoms with Gasteiger partial charge in [-0.25, -0.2) is 13.6 Å². The van der Waals surface area contributed by atoms with Crippen LogP contribution in [-0.2, 0) is 0 Å². The lowest BCUT2D eigenvalue weighted by atomic mass is 9.97. The van der Waals surface area contributed by atoms with Gasteiger partial charge in [-0.1, -0.05) is 12.1 Å². The Bertz CT molecular complexity index is 717. The Morgan fingerprint density at radius 3 is 2.33 bits per heavy atom. The van der Waals surface area contributed by atoms with Crippen molar-refractivity contribution >= 4 is 27.6 Å². The van der Waals surface area contributed by atoms with Crippen LogP contribution in [0.4, 0.5) is 14.5 Å². The summed E-state index contributed by atoms with van der Waals surface area (Å²) in [6, 6.07) is 4.97. The van der Waals surface area contributed by atoms with Crippen LogP contribution in [-0.4, -0.2) is 18.2 Å². The summed E-state index contributed by atoms with van der Waals surface area (Å²) in [7, 11) is 1.18. The lowest BCUT2D eigenvalue weighted by Gasteiger charge is -2.16. The number of aromatic carboxylic acids is 1. The fourth-order valence-corrected chi connectivity index (χ4v) is 2.60. The summed E-state index contributed by atoms with van der Waals surface area (Å²) < 4.78 is 31.9. The minimum atomic E-state index is -1.34. The summed E-state index contributed by atoms with van der Waals surface area (Å²) in [5.41, 5.74) is 5.39. The van der Waals surface area contributed by atoms with Gasteiger partial charge in [0, 0.05) is 5.56 Å². The molecule has 0 aromatic heterocycles. The van der Waals surface area contributed by atoms with Gasteiger partial charge in [0.1, 0.15) is 5.82 Å². The van der Waals surface area contributed by atoms with Crippen molar-refractivity contribution in [3.8, 4) is 16.9 Å². The zero-order chi connectivity index (χ0) is 15.7. The van der Waals surface area contributed by atoms with Crippen LogP contribution in [0.25, 0.3) is 11.1 Å². The number of hydrogen-bond acceptors (Lipinski definition) is 3. The molecule has 2 aromatic rings. The van der Waals surface area contributed by atoms with Gasteiger partial charge in [-0.05, 0) is 33.6 Å². The van der Waals surface area contributed by atoms with E-state index in [1.54, 1.807) is 0 Å². The molecule has 0 saturated heterocycles. The Morgan fingerprint density at radius 1 is 1.29 bits per heavy atom. The van der Waals surface area contributed by atoms with Crippen LogP contribution in [0.15, 0.2) is 28.7 Å². The first-order chi connectivity index (χ1) is 9.88. The zero-order valence-corrected chi connectivity index (χ0v) is 12.4. The van der Waals surface area contributed by atoms with Crippen molar-refractivity contribution in [1.82, 2.24) is 0 Å². The second-order valence-corrected chi connectivity index (χ2v) is 4.93. The zero-order valence-electron chi connectivity index (χ0n) is 10.8. The minimum absolute atomic E-state index is 0.0262. The first-order valence-electron chi connectivity index (χ1n) is 5.72. The van der Waals surface area contributed by atoms with E-state index in [1.807, 2.05) is 0 Å². The molecule has 0 aliphatic carbocycles. The quantitative estimate of drug-likeness (QED) is 0.821. The molecule has 2 rings (SSSR count). The normalized spacial score (nSPS) is 10.5. The summed E-state index contributed by atoms with van der Waals surface area (Å²) >= 11 is 3.01. The molecule has 0 fully saturated rings. The number of anilines is 1. The SMILES string of the molecule is COc1c(N)c(C(=O)O)c(-c2ccc(F)cc2)c(Br)c1F. The monoisotopic (exact) mass is 357 g/mol. The third-order valence-electron chi connectivity index (χ3n) is 2.93. The molecule has 0 saturated carbocycles. The molecule has 0 aliphatic rings. The van der Waals surface area contributed by atoms with E-state index in [9.17, 15) is 18.7 Å². The van der Waals surface area contributed by atoms with Crippen LogP contribution >= 0.6 is 15.9 Å². The number of rotatable bonds is 3. The predicted molar refractivity (Wildman–Crippen MR) is 77.4 cm³/mol. The molecule has 0 heterocycles. The van der Waals surface area contributed by atoms with Crippen LogP contribution in [0.5, 0.6) is 5.75 Å². The van der Waals surface area contributed by atoms with Crippen LogP contribution in [0.2, 0.25) is 0 Å². The average Bonchev–Trinajstić information content (AvgIpc) is 2.44. The number of benzene rings is 2. The number of nitrogen functional groups attached to an aromatic ring is 1. The van der Waals surface area contributed by atoms with Crippen LogP contribution in [0, 0.1) is 11.6 Å². The van der Waals surface area contributed by atoms with Gasteiger partial charge < -0.3 is 15.6 Å². The van der Waals surface area contributed by atoms with Crippen molar-refractivity contribution in [2.75, 3.05) is 12.8 Å². The number of carboxylic acids is 1. The molecule has 4 nitrogen and oxygen atoms in total. The van der Waals surface area contributed by atoms with E-state index in [4.69, 9.17) is 10.5 Å². The lowest BCUT2D eigenvalue weighted by molar-refractivity contribution is 0.0698. The minimum Gasteiger partial charge on any atom is -0.492 e. The Kier molecular flexibility index (Phi) is 4.13. The number of methoxy groups -OCH3 is 1. The number of halogens is 3. The molecule has 0 amide bonds. The standard InChI is InChI=1S/C14H10BrF2NO3/c1-21-13-11(17)10(15)8(9(12(13)18)14(19)20)6-2-4-7(16)5-3-6/h2-5H,18H2,1H3,(H,19,20). The third-order valence-corrected chi connectivity index (χ3v) is 3.67. The van der Waals surface area contributed by atoms with E-state index in [1.165, 1.54) is 19.2 Å². The van der Waals surface area contributed by atoms with E-state index in [-0.39, 0.29) is 27.0 Å². The predicted octanol–water partition coefficient (Wildman–Crippen LogP) is 3.68. The molecular weight excluding hydrogens is 348 g/mol. The third kappa shape index (κ3) is 2.56. The van der Waals surface area contributed by atoms with Crippen molar-refractivity contribution in [2.45, 2.75) is 0 Å². The van der Waals surface area contributed by atoms with Crippen molar-refractivity contribution in [2.24, 2.45) is 0 Å². The molecule has 3 N–H and O–H groups in total. The maximum atomic E-state index is 14.2. The van der Waals surface area contributed by atoms with Gasteiger partial charge in [0.25, 0.3) is 0 Å². The summed E-state index contributed by atoms with van der Waals surface area (Å²) in [5.74, 6) is -3.01. The topological polar surface area (TPSA) is 72.5 Å². The van der Waals surface area contributed by atoms with Crippen LogP contribution in [0.1, 0.15) is 10.4 Å². The summed E-state index contributed by atoms with van der Waals surface area (Å²) in [6.07, 6.45) is 0. The summed E-state index contributed by atoms with van der Waals surface area (Å²) in [5, 5.41) is 9.34. The second kappa shape index (κ2) is 5.69. The van der Waals surface area contributed by atoms with Gasteiger partial charge in [0.15, 0.2) is 11.6 Å². The van der Waals surface area contributed by atoms with Gasteiger partial charge in [-0.15, -0.1) is 0 Å². The van der Waals surface area contributed by atoms with Crippen molar-refractivity contribution in [3.63, 3.8) is 0 Å². The first-order valence-corrected chi connectivity index (χ1v) is 6.51. The molecule has 21 heavy (non-hydrogen) atoms. The van der Waals surface area contributed by atoms with Gasteiger partial charge in [0.2, 0.25) is 0 Å². The lowest BCUT2D eigenvalue weighted by Crippen LogP contribution is -2.09. The molecule has 0 unspecified atom stereocenters. The first kappa shape index (κ1) is 15.2. The molecule has 0 atom stereocenters. The summed E-state index contributed by atoms with van der Waals surface area (Å²) in [6.45, 7) is 0. The molecule has 0 aliphatic heterocycles. The Labute approximate surface area is 127 Å². The molecule has 0 spiro atoms. The molecule has 0 bridgehead atoms. The fourth-order valence-electron chi connectivity index (χ4n) is 1.99. The van der Waals surface area contributed by atoms with Gasteiger partial charge >= 0.3 is 5.97 Å². The number of hydrogen-bond donors (Lipinski definition) is 2. The molecule has 7 heteroatoms. The number of carbonyl (C=O) groups is 1. The highest BCUT2D eigenvalue weighted by Crippen LogP contribution is 2.43. The van der Waals surface area contributed by atoms with E-state index in [0.29, 0.717) is 5.56 Å². The van der Waals surface area contributed by atoms with E-state index >= 15 is 0 Å². The van der Waals surface area contributed by atoms with Gasteiger partial charge in [-0.2, -0.15) is 0 Å². The Hall–Kier alpha value is -2.15. The average molecular weight is 358 g/mol. The van der Waals surface area contributed by atoms with Crippen molar-refractivity contribution in [1.29, 1.82) is 0 Å². The maximum absolute atomic E-state index is 14.2. The van der Waals surface area contributed by atoms with E-state index < -0.39 is 17.6 Å². The molecule has 0 radical (unpaired) electrons. The maximum Gasteiger partial charge on any atom is 0.338 e. The second-order valence-electron chi connectivity index (χ2n) is 4.14. The highest BCUT2D eigenvalue weighted by atomic mass is 79.9. The van der Waals surface area contributed by atoms with Crippen LogP contribution < -0.4 is 10.5 Å². The van der Waals surface area contributed by atoms with E-state index in [2.05, 4.69) is 15.9 Å². The Balaban J connectivity index is 2.87. The smallest absolute Gasteiger partial charge is 0.338 e. The molecule has 110 valence electrons. The van der Waals surface area contributed by atoms with E-state index in [0.717, 1.165) is 12.1 Å².